The van der Waals surface area contributed by atoms with Gasteiger partial charge in [0.1, 0.15) is 0 Å². The molecular formula is C16H25NO. The molecule has 0 bridgehead atoms. The molecule has 18 heavy (non-hydrogen) atoms. The van der Waals surface area contributed by atoms with Crippen LogP contribution in [0.1, 0.15) is 50.8 Å². The van der Waals surface area contributed by atoms with Gasteiger partial charge in [0, 0.05) is 12.6 Å². The second kappa shape index (κ2) is 5.41. The van der Waals surface area contributed by atoms with Crippen LogP contribution in [-0.4, -0.2) is 18.2 Å². The standard InChI is InChI=1S/C16H25NO/c1-12-7-5-6-8-14(12)15(18-16(2,3)4)11-17-13-9-10-13/h5-8,13,15,17H,9-11H2,1-4H3. The molecule has 1 N–H and O–H groups in total. The highest BCUT2D eigenvalue weighted by Crippen LogP contribution is 2.27. The van der Waals surface area contributed by atoms with Crippen molar-refractivity contribution in [2.24, 2.45) is 0 Å². The molecule has 1 fully saturated rings. The van der Waals surface area contributed by atoms with Gasteiger partial charge in [0.25, 0.3) is 0 Å². The number of rotatable bonds is 5. The Kier molecular flexibility index (Phi) is 4.08. The molecule has 1 aliphatic carbocycles. The molecule has 1 unspecified atom stereocenters. The van der Waals surface area contributed by atoms with Gasteiger partial charge in [-0.2, -0.15) is 0 Å². The quantitative estimate of drug-likeness (QED) is 0.858. The number of hydrogen-bond acceptors (Lipinski definition) is 2. The van der Waals surface area contributed by atoms with Gasteiger partial charge in [0.05, 0.1) is 11.7 Å². The summed E-state index contributed by atoms with van der Waals surface area (Å²) < 4.78 is 6.22. The van der Waals surface area contributed by atoms with Crippen molar-refractivity contribution in [2.45, 2.75) is 58.3 Å². The highest BCUT2D eigenvalue weighted by molar-refractivity contribution is 5.28. The summed E-state index contributed by atoms with van der Waals surface area (Å²) >= 11 is 0. The van der Waals surface area contributed by atoms with E-state index in [2.05, 4.69) is 57.3 Å². The lowest BCUT2D eigenvalue weighted by Gasteiger charge is -2.29. The van der Waals surface area contributed by atoms with Crippen LogP contribution in [0.5, 0.6) is 0 Å². The van der Waals surface area contributed by atoms with Gasteiger partial charge >= 0.3 is 0 Å². The number of ether oxygens (including phenoxy) is 1. The molecule has 0 heterocycles. The first kappa shape index (κ1) is 13.6. The molecule has 0 saturated heterocycles. The van der Waals surface area contributed by atoms with Crippen LogP contribution in [0, 0.1) is 6.92 Å². The smallest absolute Gasteiger partial charge is 0.0958 e. The van der Waals surface area contributed by atoms with Crippen LogP contribution in [0.2, 0.25) is 0 Å². The first-order valence-corrected chi connectivity index (χ1v) is 6.92. The molecule has 100 valence electrons. The van der Waals surface area contributed by atoms with Gasteiger partial charge < -0.3 is 10.1 Å². The van der Waals surface area contributed by atoms with Crippen LogP contribution in [0.25, 0.3) is 0 Å². The lowest BCUT2D eigenvalue weighted by atomic mass is 10.0. The fraction of sp³-hybridized carbons (Fsp3) is 0.625. The maximum atomic E-state index is 6.22. The molecule has 0 radical (unpaired) electrons. The number of nitrogens with one attached hydrogen (secondary N) is 1. The highest BCUT2D eigenvalue weighted by Gasteiger charge is 2.25. The maximum Gasteiger partial charge on any atom is 0.0958 e. The molecule has 2 nitrogen and oxygen atoms in total. The molecule has 0 amide bonds. The number of benzene rings is 1. The molecule has 1 aromatic carbocycles. The second-order valence-electron chi connectivity index (χ2n) is 6.26. The van der Waals surface area contributed by atoms with E-state index in [-0.39, 0.29) is 11.7 Å². The normalized spacial score (nSPS) is 17.8. The van der Waals surface area contributed by atoms with E-state index in [1.807, 2.05) is 0 Å². The van der Waals surface area contributed by atoms with Crippen molar-refractivity contribution in [1.29, 1.82) is 0 Å². The van der Waals surface area contributed by atoms with Gasteiger partial charge in [-0.1, -0.05) is 24.3 Å². The van der Waals surface area contributed by atoms with Crippen molar-refractivity contribution in [3.63, 3.8) is 0 Å². The van der Waals surface area contributed by atoms with E-state index in [1.165, 1.54) is 24.0 Å². The Morgan fingerprint density at radius 3 is 2.50 bits per heavy atom. The van der Waals surface area contributed by atoms with Crippen molar-refractivity contribution < 1.29 is 4.74 Å². The molecule has 1 saturated carbocycles. The van der Waals surface area contributed by atoms with Crippen molar-refractivity contribution in [1.82, 2.24) is 5.32 Å². The monoisotopic (exact) mass is 247 g/mol. The summed E-state index contributed by atoms with van der Waals surface area (Å²) in [5, 5.41) is 3.58. The Morgan fingerprint density at radius 2 is 1.94 bits per heavy atom. The zero-order chi connectivity index (χ0) is 13.2. The zero-order valence-corrected chi connectivity index (χ0v) is 12.0. The van der Waals surface area contributed by atoms with Crippen molar-refractivity contribution in [3.8, 4) is 0 Å². The van der Waals surface area contributed by atoms with Gasteiger partial charge in [0.2, 0.25) is 0 Å². The lowest BCUT2D eigenvalue weighted by molar-refractivity contribution is -0.0609. The summed E-state index contributed by atoms with van der Waals surface area (Å²) in [4.78, 5) is 0. The van der Waals surface area contributed by atoms with E-state index < -0.39 is 0 Å². The summed E-state index contributed by atoms with van der Waals surface area (Å²) in [6.07, 6.45) is 2.78. The summed E-state index contributed by atoms with van der Waals surface area (Å²) in [5.41, 5.74) is 2.50. The highest BCUT2D eigenvalue weighted by atomic mass is 16.5. The molecular weight excluding hydrogens is 222 g/mol. The Balaban J connectivity index is 2.09. The van der Waals surface area contributed by atoms with Crippen molar-refractivity contribution >= 4 is 0 Å². The van der Waals surface area contributed by atoms with Gasteiger partial charge in [0.15, 0.2) is 0 Å². The first-order valence-electron chi connectivity index (χ1n) is 6.92. The lowest BCUT2D eigenvalue weighted by Crippen LogP contribution is -2.31. The minimum absolute atomic E-state index is 0.113. The summed E-state index contributed by atoms with van der Waals surface area (Å²) in [6.45, 7) is 9.43. The third-order valence-electron chi connectivity index (χ3n) is 3.20. The second-order valence-corrected chi connectivity index (χ2v) is 6.26. The van der Waals surface area contributed by atoms with Crippen LogP contribution >= 0.6 is 0 Å². The third-order valence-corrected chi connectivity index (χ3v) is 3.20. The summed E-state index contributed by atoms with van der Waals surface area (Å²) in [7, 11) is 0. The Labute approximate surface area is 111 Å². The molecule has 0 aromatic heterocycles. The van der Waals surface area contributed by atoms with Crippen LogP contribution in [0.15, 0.2) is 24.3 Å². The van der Waals surface area contributed by atoms with Gasteiger partial charge in [-0.3, -0.25) is 0 Å². The van der Waals surface area contributed by atoms with Crippen molar-refractivity contribution in [3.05, 3.63) is 35.4 Å². The van der Waals surface area contributed by atoms with E-state index in [1.54, 1.807) is 0 Å². The van der Waals surface area contributed by atoms with Crippen LogP contribution in [-0.2, 0) is 4.74 Å². The predicted octanol–water partition coefficient (Wildman–Crippen LogP) is 3.60. The van der Waals surface area contributed by atoms with Crippen molar-refractivity contribution in [2.75, 3.05) is 6.54 Å². The van der Waals surface area contributed by atoms with E-state index >= 15 is 0 Å². The van der Waals surface area contributed by atoms with Crippen LogP contribution in [0.4, 0.5) is 0 Å². The fourth-order valence-electron chi connectivity index (χ4n) is 2.15. The van der Waals surface area contributed by atoms with Gasteiger partial charge in [-0.25, -0.2) is 0 Å². The van der Waals surface area contributed by atoms with Crippen LogP contribution < -0.4 is 5.32 Å². The molecule has 2 rings (SSSR count). The van der Waals surface area contributed by atoms with Crippen LogP contribution in [0.3, 0.4) is 0 Å². The predicted molar refractivity (Wildman–Crippen MR) is 75.8 cm³/mol. The fourth-order valence-corrected chi connectivity index (χ4v) is 2.15. The SMILES string of the molecule is Cc1ccccc1C(CNC1CC1)OC(C)(C)C. The maximum absolute atomic E-state index is 6.22. The summed E-state index contributed by atoms with van der Waals surface area (Å²) in [6, 6.07) is 9.24. The Hall–Kier alpha value is -0.860. The zero-order valence-electron chi connectivity index (χ0n) is 12.0. The largest absolute Gasteiger partial charge is 0.367 e. The molecule has 1 aromatic rings. The molecule has 1 aliphatic rings. The number of aryl methyl sites for hydroxylation is 1. The molecule has 0 spiro atoms. The minimum atomic E-state index is -0.113. The Bertz CT molecular complexity index is 390. The molecule has 2 heteroatoms. The number of hydrogen-bond donors (Lipinski definition) is 1. The molecule has 0 aliphatic heterocycles. The topological polar surface area (TPSA) is 21.3 Å². The minimum Gasteiger partial charge on any atom is -0.367 e. The van der Waals surface area contributed by atoms with E-state index in [4.69, 9.17) is 4.74 Å². The van der Waals surface area contributed by atoms with Gasteiger partial charge in [-0.05, 0) is 51.7 Å². The van der Waals surface area contributed by atoms with E-state index in [0.717, 1.165) is 12.6 Å². The average Bonchev–Trinajstić information content (AvgIpc) is 3.07. The van der Waals surface area contributed by atoms with Gasteiger partial charge in [-0.15, -0.1) is 0 Å². The first-order chi connectivity index (χ1) is 8.46. The third kappa shape index (κ3) is 4.11. The summed E-state index contributed by atoms with van der Waals surface area (Å²) in [5.74, 6) is 0. The average molecular weight is 247 g/mol. The van der Waals surface area contributed by atoms with E-state index in [0.29, 0.717) is 0 Å². The van der Waals surface area contributed by atoms with E-state index in [9.17, 15) is 0 Å². The Morgan fingerprint density at radius 1 is 1.28 bits per heavy atom. The molecule has 1 atom stereocenters.